The van der Waals surface area contributed by atoms with Crippen molar-refractivity contribution < 1.29 is 0 Å². The summed E-state index contributed by atoms with van der Waals surface area (Å²) in [7, 11) is 1.94. The SMILES string of the molecule is Cc1cc2n(C)c3ccccc3c(=O)n2n1. The van der Waals surface area contributed by atoms with E-state index >= 15 is 0 Å². The van der Waals surface area contributed by atoms with Crippen LogP contribution in [0.2, 0.25) is 0 Å². The van der Waals surface area contributed by atoms with Crippen molar-refractivity contribution in [3.8, 4) is 0 Å². The Hall–Kier alpha value is -2.10. The smallest absolute Gasteiger partial charge is 0.282 e. The van der Waals surface area contributed by atoms with Crippen molar-refractivity contribution in [3.63, 3.8) is 0 Å². The fourth-order valence-electron chi connectivity index (χ4n) is 2.06. The van der Waals surface area contributed by atoms with Gasteiger partial charge in [0.05, 0.1) is 16.6 Å². The number of rotatable bonds is 0. The molecule has 0 fully saturated rings. The highest BCUT2D eigenvalue weighted by molar-refractivity contribution is 5.80. The second-order valence-electron chi connectivity index (χ2n) is 3.94. The van der Waals surface area contributed by atoms with Crippen LogP contribution in [0.5, 0.6) is 0 Å². The molecule has 2 aromatic heterocycles. The van der Waals surface area contributed by atoms with Gasteiger partial charge in [-0.15, -0.1) is 0 Å². The van der Waals surface area contributed by atoms with E-state index in [0.717, 1.165) is 16.9 Å². The summed E-state index contributed by atoms with van der Waals surface area (Å²) in [6.07, 6.45) is 0. The van der Waals surface area contributed by atoms with Gasteiger partial charge in [0.1, 0.15) is 5.65 Å². The lowest BCUT2D eigenvalue weighted by molar-refractivity contribution is 0.847. The van der Waals surface area contributed by atoms with Crippen molar-refractivity contribution in [1.29, 1.82) is 0 Å². The molecule has 0 amide bonds. The lowest BCUT2D eigenvalue weighted by Gasteiger charge is -2.06. The van der Waals surface area contributed by atoms with E-state index < -0.39 is 0 Å². The molecule has 4 nitrogen and oxygen atoms in total. The summed E-state index contributed by atoms with van der Waals surface area (Å²) in [5.74, 6) is 0. The zero-order valence-corrected chi connectivity index (χ0v) is 9.14. The van der Waals surface area contributed by atoms with Gasteiger partial charge in [0.2, 0.25) is 0 Å². The Labute approximate surface area is 91.7 Å². The van der Waals surface area contributed by atoms with E-state index in [-0.39, 0.29) is 5.56 Å². The number of nitrogens with zero attached hydrogens (tertiary/aromatic N) is 3. The molecule has 0 aliphatic rings. The monoisotopic (exact) mass is 213 g/mol. The van der Waals surface area contributed by atoms with Crippen LogP contribution < -0.4 is 5.56 Å². The van der Waals surface area contributed by atoms with E-state index in [1.165, 1.54) is 4.52 Å². The highest BCUT2D eigenvalue weighted by atomic mass is 16.1. The van der Waals surface area contributed by atoms with Crippen LogP contribution in [0.25, 0.3) is 16.6 Å². The molecule has 0 radical (unpaired) electrons. The van der Waals surface area contributed by atoms with E-state index in [1.54, 1.807) is 0 Å². The Morgan fingerprint density at radius 2 is 2.00 bits per heavy atom. The zero-order valence-electron chi connectivity index (χ0n) is 9.14. The number of hydrogen-bond acceptors (Lipinski definition) is 2. The molecule has 0 saturated heterocycles. The first-order valence-corrected chi connectivity index (χ1v) is 5.12. The molecule has 3 aromatic rings. The van der Waals surface area contributed by atoms with Gasteiger partial charge in [0, 0.05) is 13.1 Å². The molecule has 0 aliphatic heterocycles. The van der Waals surface area contributed by atoms with Gasteiger partial charge < -0.3 is 4.57 Å². The van der Waals surface area contributed by atoms with Crippen LogP contribution in [0.3, 0.4) is 0 Å². The minimum atomic E-state index is -0.0585. The van der Waals surface area contributed by atoms with Crippen molar-refractivity contribution in [3.05, 3.63) is 46.4 Å². The summed E-state index contributed by atoms with van der Waals surface area (Å²) in [4.78, 5) is 12.1. The standard InChI is InChI=1S/C12H11N3O/c1-8-7-11-14(2)10-6-4-3-5-9(10)12(16)15(11)13-8/h3-7H,1-2H3. The first kappa shape index (κ1) is 9.15. The van der Waals surface area contributed by atoms with E-state index in [9.17, 15) is 4.79 Å². The molecule has 80 valence electrons. The Balaban J connectivity index is 2.71. The molecule has 2 heterocycles. The number of aromatic nitrogens is 3. The Bertz CT molecular complexity index is 752. The molecular weight excluding hydrogens is 202 g/mol. The van der Waals surface area contributed by atoms with Gasteiger partial charge in [0.25, 0.3) is 5.56 Å². The normalized spacial score (nSPS) is 11.4. The molecule has 4 heteroatoms. The fraction of sp³-hybridized carbons (Fsp3) is 0.167. The molecule has 0 saturated carbocycles. The van der Waals surface area contributed by atoms with Crippen LogP contribution in [0.15, 0.2) is 35.1 Å². The minimum Gasteiger partial charge on any atom is -0.329 e. The second-order valence-corrected chi connectivity index (χ2v) is 3.94. The van der Waals surface area contributed by atoms with E-state index in [4.69, 9.17) is 0 Å². The van der Waals surface area contributed by atoms with Crippen LogP contribution in [0.1, 0.15) is 5.69 Å². The predicted octanol–water partition coefficient (Wildman–Crippen LogP) is 1.49. The molecule has 3 rings (SSSR count). The van der Waals surface area contributed by atoms with Gasteiger partial charge in [-0.2, -0.15) is 9.61 Å². The fourth-order valence-corrected chi connectivity index (χ4v) is 2.06. The number of fused-ring (bicyclic) bond motifs is 2. The summed E-state index contributed by atoms with van der Waals surface area (Å²) < 4.78 is 3.44. The molecule has 16 heavy (non-hydrogen) atoms. The highest BCUT2D eigenvalue weighted by Crippen LogP contribution is 2.12. The van der Waals surface area contributed by atoms with Gasteiger partial charge in [-0.1, -0.05) is 12.1 Å². The summed E-state index contributed by atoms with van der Waals surface area (Å²) in [5, 5.41) is 4.90. The number of benzene rings is 1. The lowest BCUT2D eigenvalue weighted by Crippen LogP contribution is -2.18. The van der Waals surface area contributed by atoms with Gasteiger partial charge in [-0.05, 0) is 19.1 Å². The number of hydrogen-bond donors (Lipinski definition) is 0. The molecule has 1 aromatic carbocycles. The minimum absolute atomic E-state index is 0.0585. The Morgan fingerprint density at radius 1 is 1.25 bits per heavy atom. The van der Waals surface area contributed by atoms with Crippen LogP contribution in [0, 0.1) is 6.92 Å². The number of aryl methyl sites for hydroxylation is 2. The van der Waals surface area contributed by atoms with Gasteiger partial charge in [-0.3, -0.25) is 4.79 Å². The average Bonchev–Trinajstić information content (AvgIpc) is 2.68. The first-order valence-electron chi connectivity index (χ1n) is 5.12. The van der Waals surface area contributed by atoms with Crippen molar-refractivity contribution in [2.45, 2.75) is 6.92 Å². The van der Waals surface area contributed by atoms with Crippen LogP contribution >= 0.6 is 0 Å². The largest absolute Gasteiger partial charge is 0.329 e. The van der Waals surface area contributed by atoms with Crippen LogP contribution in [-0.4, -0.2) is 14.2 Å². The third kappa shape index (κ3) is 1.04. The van der Waals surface area contributed by atoms with Gasteiger partial charge in [0.15, 0.2) is 0 Å². The maximum atomic E-state index is 12.1. The van der Waals surface area contributed by atoms with Crippen molar-refractivity contribution >= 4 is 16.6 Å². The summed E-state index contributed by atoms with van der Waals surface area (Å²) in [5.41, 5.74) is 2.54. The molecule has 0 aliphatic carbocycles. The Kier molecular flexibility index (Phi) is 1.68. The zero-order chi connectivity index (χ0) is 11.3. The molecule has 0 unspecified atom stereocenters. The summed E-state index contributed by atoms with van der Waals surface area (Å²) in [6, 6.07) is 9.48. The van der Waals surface area contributed by atoms with E-state index in [2.05, 4.69) is 5.10 Å². The van der Waals surface area contributed by atoms with Gasteiger partial charge >= 0.3 is 0 Å². The van der Waals surface area contributed by atoms with Crippen LogP contribution in [-0.2, 0) is 7.05 Å². The van der Waals surface area contributed by atoms with Gasteiger partial charge in [-0.25, -0.2) is 0 Å². The van der Waals surface area contributed by atoms with E-state index in [0.29, 0.717) is 5.39 Å². The Morgan fingerprint density at radius 3 is 2.81 bits per heavy atom. The molecule has 0 spiro atoms. The predicted molar refractivity (Wildman–Crippen MR) is 62.7 cm³/mol. The first-order chi connectivity index (χ1) is 7.68. The van der Waals surface area contributed by atoms with Crippen molar-refractivity contribution in [2.24, 2.45) is 7.05 Å². The highest BCUT2D eigenvalue weighted by Gasteiger charge is 2.09. The van der Waals surface area contributed by atoms with E-state index in [1.807, 2.05) is 48.9 Å². The third-order valence-corrected chi connectivity index (χ3v) is 2.84. The van der Waals surface area contributed by atoms with Crippen LogP contribution in [0.4, 0.5) is 0 Å². The average molecular weight is 213 g/mol. The van der Waals surface area contributed by atoms with Crippen molar-refractivity contribution in [1.82, 2.24) is 14.2 Å². The second kappa shape index (κ2) is 2.95. The maximum Gasteiger partial charge on any atom is 0.282 e. The molecule has 0 N–H and O–H groups in total. The maximum absolute atomic E-state index is 12.1. The van der Waals surface area contributed by atoms with Crippen molar-refractivity contribution in [2.75, 3.05) is 0 Å². The quantitative estimate of drug-likeness (QED) is 0.567. The molecule has 0 bridgehead atoms. The third-order valence-electron chi connectivity index (χ3n) is 2.84. The number of para-hydroxylation sites is 1. The summed E-state index contributed by atoms with van der Waals surface area (Å²) in [6.45, 7) is 1.89. The topological polar surface area (TPSA) is 39.3 Å². The molecule has 0 atom stereocenters. The lowest BCUT2D eigenvalue weighted by atomic mass is 10.2. The molecular formula is C12H11N3O. The summed E-state index contributed by atoms with van der Waals surface area (Å²) >= 11 is 0.